The molecule has 0 aliphatic heterocycles. The van der Waals surface area contributed by atoms with E-state index in [1.807, 2.05) is 36.4 Å². The standard InChI is InChI=1S/C15H11BrClN5/c16-10-3-1-5-12(7-10)19-14-9-18-22-15(21-14)20-13-6-2-4-11(17)8-13/h1-9H,(H2,19,20,21,22). The molecule has 0 bridgehead atoms. The highest BCUT2D eigenvalue weighted by Gasteiger charge is 2.03. The van der Waals surface area contributed by atoms with Gasteiger partial charge in [-0.2, -0.15) is 10.1 Å². The monoisotopic (exact) mass is 375 g/mol. The Morgan fingerprint density at radius 2 is 1.73 bits per heavy atom. The van der Waals surface area contributed by atoms with Gasteiger partial charge < -0.3 is 10.6 Å². The zero-order valence-corrected chi connectivity index (χ0v) is 13.6. The number of aromatic nitrogens is 3. The Bertz CT molecular complexity index is 733. The molecule has 3 aromatic rings. The van der Waals surface area contributed by atoms with Gasteiger partial charge in [0, 0.05) is 20.9 Å². The molecule has 0 unspecified atom stereocenters. The maximum absolute atomic E-state index is 5.95. The molecule has 0 radical (unpaired) electrons. The van der Waals surface area contributed by atoms with E-state index in [1.165, 1.54) is 0 Å². The highest BCUT2D eigenvalue weighted by molar-refractivity contribution is 9.10. The van der Waals surface area contributed by atoms with Crippen LogP contribution in [0.2, 0.25) is 5.02 Å². The van der Waals surface area contributed by atoms with Crippen molar-refractivity contribution in [1.29, 1.82) is 0 Å². The van der Waals surface area contributed by atoms with Gasteiger partial charge in [0.2, 0.25) is 5.95 Å². The number of halogens is 2. The lowest BCUT2D eigenvalue weighted by Gasteiger charge is -2.08. The molecule has 0 saturated heterocycles. The molecule has 0 fully saturated rings. The molecule has 110 valence electrons. The SMILES string of the molecule is Clc1cccc(Nc2nncc(Nc3cccc(Br)c3)n2)c1. The quantitative estimate of drug-likeness (QED) is 0.686. The van der Waals surface area contributed by atoms with Crippen LogP contribution in [0.3, 0.4) is 0 Å². The van der Waals surface area contributed by atoms with Crippen LogP contribution < -0.4 is 10.6 Å². The average Bonchev–Trinajstić information content (AvgIpc) is 2.47. The predicted molar refractivity (Wildman–Crippen MR) is 92.0 cm³/mol. The molecule has 0 aliphatic rings. The third-order valence-corrected chi connectivity index (χ3v) is 3.46. The molecule has 0 atom stereocenters. The minimum Gasteiger partial charge on any atom is -0.339 e. The van der Waals surface area contributed by atoms with E-state index in [4.69, 9.17) is 11.6 Å². The molecule has 1 aromatic heterocycles. The molecular formula is C15H11BrClN5. The highest BCUT2D eigenvalue weighted by atomic mass is 79.9. The second-order valence-corrected chi connectivity index (χ2v) is 5.79. The van der Waals surface area contributed by atoms with Crippen molar-refractivity contribution < 1.29 is 0 Å². The molecule has 0 saturated carbocycles. The molecule has 1 heterocycles. The molecule has 22 heavy (non-hydrogen) atoms. The van der Waals surface area contributed by atoms with E-state index in [2.05, 4.69) is 41.7 Å². The molecule has 2 N–H and O–H groups in total. The van der Waals surface area contributed by atoms with Crippen molar-refractivity contribution in [2.24, 2.45) is 0 Å². The first-order valence-electron chi connectivity index (χ1n) is 6.44. The van der Waals surface area contributed by atoms with Crippen LogP contribution in [0.15, 0.2) is 59.2 Å². The fourth-order valence-electron chi connectivity index (χ4n) is 1.83. The molecular weight excluding hydrogens is 366 g/mol. The van der Waals surface area contributed by atoms with E-state index in [0.29, 0.717) is 16.8 Å². The van der Waals surface area contributed by atoms with E-state index in [-0.39, 0.29) is 0 Å². The summed E-state index contributed by atoms with van der Waals surface area (Å²) in [5.74, 6) is 0.986. The van der Waals surface area contributed by atoms with E-state index in [9.17, 15) is 0 Å². The van der Waals surface area contributed by atoms with Crippen molar-refractivity contribution in [2.75, 3.05) is 10.6 Å². The van der Waals surface area contributed by atoms with Crippen LogP contribution >= 0.6 is 27.5 Å². The summed E-state index contributed by atoms with van der Waals surface area (Å²) in [7, 11) is 0. The minimum atomic E-state index is 0.391. The van der Waals surface area contributed by atoms with E-state index < -0.39 is 0 Å². The third-order valence-electron chi connectivity index (χ3n) is 2.74. The molecule has 0 aliphatic carbocycles. The first-order valence-corrected chi connectivity index (χ1v) is 7.61. The van der Waals surface area contributed by atoms with Crippen LogP contribution in [0.25, 0.3) is 0 Å². The van der Waals surface area contributed by atoms with E-state index >= 15 is 0 Å². The fraction of sp³-hybridized carbons (Fsp3) is 0. The molecule has 5 nitrogen and oxygen atoms in total. The van der Waals surface area contributed by atoms with Crippen LogP contribution in [0.1, 0.15) is 0 Å². The normalized spacial score (nSPS) is 10.3. The summed E-state index contributed by atoms with van der Waals surface area (Å²) in [4.78, 5) is 4.37. The third kappa shape index (κ3) is 3.93. The van der Waals surface area contributed by atoms with Crippen LogP contribution in [0.5, 0.6) is 0 Å². The van der Waals surface area contributed by atoms with Crippen molar-refractivity contribution >= 4 is 50.7 Å². The smallest absolute Gasteiger partial charge is 0.249 e. The summed E-state index contributed by atoms with van der Waals surface area (Å²) in [5, 5.41) is 14.8. The number of nitrogens with one attached hydrogen (secondary N) is 2. The summed E-state index contributed by atoms with van der Waals surface area (Å²) in [6, 6.07) is 15.1. The van der Waals surface area contributed by atoms with Crippen molar-refractivity contribution in [1.82, 2.24) is 15.2 Å². The van der Waals surface area contributed by atoms with Crippen molar-refractivity contribution in [3.63, 3.8) is 0 Å². The van der Waals surface area contributed by atoms with Crippen molar-refractivity contribution in [3.8, 4) is 0 Å². The largest absolute Gasteiger partial charge is 0.339 e. The maximum atomic E-state index is 5.95. The second kappa shape index (κ2) is 6.72. The van der Waals surface area contributed by atoms with Gasteiger partial charge in [0.05, 0.1) is 6.20 Å². The Morgan fingerprint density at radius 1 is 0.955 bits per heavy atom. The lowest BCUT2D eigenvalue weighted by Crippen LogP contribution is -2.02. The van der Waals surface area contributed by atoms with Gasteiger partial charge in [0.15, 0.2) is 5.82 Å². The first-order chi connectivity index (χ1) is 10.7. The zero-order chi connectivity index (χ0) is 15.4. The number of benzene rings is 2. The number of hydrogen-bond donors (Lipinski definition) is 2. The Hall–Kier alpha value is -2.18. The first kappa shape index (κ1) is 14.7. The maximum Gasteiger partial charge on any atom is 0.249 e. The molecule has 3 rings (SSSR count). The van der Waals surface area contributed by atoms with Crippen LogP contribution in [0, 0.1) is 0 Å². The average molecular weight is 377 g/mol. The number of anilines is 4. The van der Waals surface area contributed by atoms with Gasteiger partial charge >= 0.3 is 0 Å². The van der Waals surface area contributed by atoms with Crippen molar-refractivity contribution in [2.45, 2.75) is 0 Å². The Morgan fingerprint density at radius 3 is 2.50 bits per heavy atom. The molecule has 7 heteroatoms. The lowest BCUT2D eigenvalue weighted by atomic mass is 10.3. The Labute approximate surface area is 140 Å². The van der Waals surface area contributed by atoms with Crippen molar-refractivity contribution in [3.05, 3.63) is 64.2 Å². The van der Waals surface area contributed by atoms with E-state index in [0.717, 1.165) is 15.8 Å². The van der Waals surface area contributed by atoms with Gasteiger partial charge in [0.25, 0.3) is 0 Å². The predicted octanol–water partition coefficient (Wildman–Crippen LogP) is 4.77. The number of rotatable bonds is 4. The Balaban J connectivity index is 1.78. The summed E-state index contributed by atoms with van der Waals surface area (Å²) >= 11 is 9.38. The van der Waals surface area contributed by atoms with Gasteiger partial charge in [-0.25, -0.2) is 0 Å². The Kier molecular flexibility index (Phi) is 4.50. The van der Waals surface area contributed by atoms with Gasteiger partial charge in [-0.15, -0.1) is 5.10 Å². The topological polar surface area (TPSA) is 62.7 Å². The zero-order valence-electron chi connectivity index (χ0n) is 11.3. The van der Waals surface area contributed by atoms with Crippen LogP contribution in [0.4, 0.5) is 23.1 Å². The van der Waals surface area contributed by atoms with E-state index in [1.54, 1.807) is 18.3 Å². The van der Waals surface area contributed by atoms with Gasteiger partial charge in [-0.05, 0) is 36.4 Å². The van der Waals surface area contributed by atoms with Gasteiger partial charge in [-0.3, -0.25) is 0 Å². The summed E-state index contributed by atoms with van der Waals surface area (Å²) in [6.45, 7) is 0. The summed E-state index contributed by atoms with van der Waals surface area (Å²) < 4.78 is 0.983. The minimum absolute atomic E-state index is 0.391. The van der Waals surface area contributed by atoms with Gasteiger partial charge in [-0.1, -0.05) is 39.7 Å². The molecule has 0 spiro atoms. The highest BCUT2D eigenvalue weighted by Crippen LogP contribution is 2.21. The van der Waals surface area contributed by atoms with Crippen LogP contribution in [-0.4, -0.2) is 15.2 Å². The molecule has 0 amide bonds. The lowest BCUT2D eigenvalue weighted by molar-refractivity contribution is 0.982. The summed E-state index contributed by atoms with van der Waals surface area (Å²) in [6.07, 6.45) is 1.56. The number of nitrogens with zero attached hydrogens (tertiary/aromatic N) is 3. The van der Waals surface area contributed by atoms with Crippen LogP contribution in [-0.2, 0) is 0 Å². The summed E-state index contributed by atoms with van der Waals surface area (Å²) in [5.41, 5.74) is 1.71. The van der Waals surface area contributed by atoms with Gasteiger partial charge in [0.1, 0.15) is 0 Å². The fourth-order valence-corrected chi connectivity index (χ4v) is 2.42. The second-order valence-electron chi connectivity index (χ2n) is 4.44. The molecule has 2 aromatic carbocycles. The number of hydrogen-bond acceptors (Lipinski definition) is 5.